The van der Waals surface area contributed by atoms with Crippen molar-refractivity contribution < 1.29 is 4.79 Å². The Hall–Kier alpha value is -1.31. The van der Waals surface area contributed by atoms with E-state index in [9.17, 15) is 4.79 Å². The maximum Gasteiger partial charge on any atom is 0.230 e. The molecule has 0 bridgehead atoms. The first-order chi connectivity index (χ1) is 8.18. The third-order valence-electron chi connectivity index (χ3n) is 4.11. The van der Waals surface area contributed by atoms with Crippen molar-refractivity contribution in [2.24, 2.45) is 11.8 Å². The molecule has 0 aromatic heterocycles. The number of carbonyl (C=O) groups excluding carboxylic acids is 1. The first-order valence-electron chi connectivity index (χ1n) is 6.58. The van der Waals surface area contributed by atoms with Crippen LogP contribution in [0, 0.1) is 18.8 Å². The summed E-state index contributed by atoms with van der Waals surface area (Å²) in [6.07, 6.45) is 3.29. The smallest absolute Gasteiger partial charge is 0.230 e. The SMILES string of the molecule is Cc1cccc2c1N(C(=O)C1CC1C)CCC2. The maximum atomic E-state index is 12.4. The van der Waals surface area contributed by atoms with Crippen molar-refractivity contribution in [1.82, 2.24) is 0 Å². The quantitative estimate of drug-likeness (QED) is 0.725. The van der Waals surface area contributed by atoms with E-state index in [1.807, 2.05) is 4.90 Å². The van der Waals surface area contributed by atoms with Gasteiger partial charge in [0.25, 0.3) is 0 Å². The van der Waals surface area contributed by atoms with Crippen LogP contribution in [0.3, 0.4) is 0 Å². The topological polar surface area (TPSA) is 20.3 Å². The van der Waals surface area contributed by atoms with Gasteiger partial charge in [-0.1, -0.05) is 25.1 Å². The third-order valence-corrected chi connectivity index (χ3v) is 4.11. The summed E-state index contributed by atoms with van der Waals surface area (Å²) < 4.78 is 0. The van der Waals surface area contributed by atoms with Gasteiger partial charge in [-0.15, -0.1) is 0 Å². The Morgan fingerprint density at radius 3 is 2.88 bits per heavy atom. The van der Waals surface area contributed by atoms with Crippen LogP contribution < -0.4 is 4.90 Å². The molecule has 0 saturated heterocycles. The van der Waals surface area contributed by atoms with Gasteiger partial charge in [-0.05, 0) is 43.2 Å². The van der Waals surface area contributed by atoms with Crippen LogP contribution in [-0.4, -0.2) is 12.5 Å². The van der Waals surface area contributed by atoms with Gasteiger partial charge in [0.2, 0.25) is 5.91 Å². The molecule has 0 N–H and O–H groups in total. The Kier molecular flexibility index (Phi) is 2.46. The lowest BCUT2D eigenvalue weighted by molar-refractivity contribution is -0.120. The molecule has 2 atom stereocenters. The van der Waals surface area contributed by atoms with Gasteiger partial charge < -0.3 is 4.90 Å². The number of aryl methyl sites for hydroxylation is 2. The lowest BCUT2D eigenvalue weighted by Crippen LogP contribution is -2.37. The van der Waals surface area contributed by atoms with E-state index >= 15 is 0 Å². The fourth-order valence-electron chi connectivity index (χ4n) is 2.93. The molecule has 2 unspecified atom stereocenters. The number of rotatable bonds is 1. The number of fused-ring (bicyclic) bond motifs is 1. The third kappa shape index (κ3) is 1.76. The maximum absolute atomic E-state index is 12.4. The second-order valence-electron chi connectivity index (χ2n) is 5.50. The highest BCUT2D eigenvalue weighted by molar-refractivity contribution is 5.98. The standard InChI is InChI=1S/C15H19NO/c1-10-5-3-6-12-7-4-8-16(14(10)12)15(17)13-9-11(13)2/h3,5-6,11,13H,4,7-9H2,1-2H3. The van der Waals surface area contributed by atoms with Crippen molar-refractivity contribution in [2.75, 3.05) is 11.4 Å². The summed E-state index contributed by atoms with van der Waals surface area (Å²) in [5.41, 5.74) is 3.78. The zero-order valence-electron chi connectivity index (χ0n) is 10.6. The molecule has 1 saturated carbocycles. The molecule has 1 aliphatic heterocycles. The van der Waals surface area contributed by atoms with Crippen LogP contribution in [0.2, 0.25) is 0 Å². The van der Waals surface area contributed by atoms with E-state index < -0.39 is 0 Å². The van der Waals surface area contributed by atoms with Crippen molar-refractivity contribution in [3.8, 4) is 0 Å². The fraction of sp³-hybridized carbons (Fsp3) is 0.533. The van der Waals surface area contributed by atoms with E-state index in [4.69, 9.17) is 0 Å². The lowest BCUT2D eigenvalue weighted by Gasteiger charge is -2.31. The highest BCUT2D eigenvalue weighted by Gasteiger charge is 2.42. The Balaban J connectivity index is 1.96. The number of carbonyl (C=O) groups is 1. The first-order valence-corrected chi connectivity index (χ1v) is 6.58. The molecular formula is C15H19NO. The minimum Gasteiger partial charge on any atom is -0.312 e. The monoisotopic (exact) mass is 229 g/mol. The van der Waals surface area contributed by atoms with Crippen LogP contribution in [0.1, 0.15) is 30.9 Å². The average molecular weight is 229 g/mol. The summed E-state index contributed by atoms with van der Waals surface area (Å²) >= 11 is 0. The molecule has 0 spiro atoms. The van der Waals surface area contributed by atoms with Gasteiger partial charge >= 0.3 is 0 Å². The predicted molar refractivity (Wildman–Crippen MR) is 69.1 cm³/mol. The van der Waals surface area contributed by atoms with Crippen molar-refractivity contribution in [3.05, 3.63) is 29.3 Å². The second-order valence-corrected chi connectivity index (χ2v) is 5.50. The van der Waals surface area contributed by atoms with Gasteiger partial charge in [0, 0.05) is 18.2 Å². The van der Waals surface area contributed by atoms with Gasteiger partial charge in [-0.2, -0.15) is 0 Å². The number of hydrogen-bond acceptors (Lipinski definition) is 1. The van der Waals surface area contributed by atoms with Crippen molar-refractivity contribution >= 4 is 11.6 Å². The molecule has 1 heterocycles. The molecule has 1 aliphatic carbocycles. The summed E-state index contributed by atoms with van der Waals surface area (Å²) in [6.45, 7) is 5.19. The minimum absolute atomic E-state index is 0.292. The Morgan fingerprint density at radius 2 is 2.18 bits per heavy atom. The Morgan fingerprint density at radius 1 is 1.41 bits per heavy atom. The van der Waals surface area contributed by atoms with Crippen LogP contribution in [0.15, 0.2) is 18.2 Å². The van der Waals surface area contributed by atoms with Gasteiger partial charge in [0.1, 0.15) is 0 Å². The molecule has 90 valence electrons. The number of nitrogens with zero attached hydrogens (tertiary/aromatic N) is 1. The van der Waals surface area contributed by atoms with Gasteiger partial charge in [-0.3, -0.25) is 4.79 Å². The van der Waals surface area contributed by atoms with Gasteiger partial charge in [0.15, 0.2) is 0 Å². The van der Waals surface area contributed by atoms with Crippen LogP contribution in [0.5, 0.6) is 0 Å². The minimum atomic E-state index is 0.292. The summed E-state index contributed by atoms with van der Waals surface area (Å²) in [6, 6.07) is 6.38. The van der Waals surface area contributed by atoms with Gasteiger partial charge in [0.05, 0.1) is 0 Å². The second kappa shape index (κ2) is 3.86. The summed E-state index contributed by atoms with van der Waals surface area (Å²) in [4.78, 5) is 14.5. The van der Waals surface area contributed by atoms with E-state index in [-0.39, 0.29) is 0 Å². The van der Waals surface area contributed by atoms with Crippen LogP contribution in [0.25, 0.3) is 0 Å². The molecule has 2 heteroatoms. The molecular weight excluding hydrogens is 210 g/mol. The molecule has 17 heavy (non-hydrogen) atoms. The molecule has 1 aromatic rings. The zero-order chi connectivity index (χ0) is 12.0. The first kappa shape index (κ1) is 10.8. The normalized spacial score (nSPS) is 26.6. The Bertz CT molecular complexity index is 466. The van der Waals surface area contributed by atoms with E-state index in [1.54, 1.807) is 0 Å². The van der Waals surface area contributed by atoms with E-state index in [0.717, 1.165) is 25.8 Å². The molecule has 3 rings (SSSR count). The van der Waals surface area contributed by atoms with Crippen molar-refractivity contribution in [1.29, 1.82) is 0 Å². The summed E-state index contributed by atoms with van der Waals surface area (Å²) in [7, 11) is 0. The van der Waals surface area contributed by atoms with Crippen molar-refractivity contribution in [2.45, 2.75) is 33.1 Å². The number of amides is 1. The molecule has 2 aliphatic rings. The van der Waals surface area contributed by atoms with E-state index in [2.05, 4.69) is 32.0 Å². The average Bonchev–Trinajstić information content (AvgIpc) is 3.05. The lowest BCUT2D eigenvalue weighted by atomic mass is 9.98. The molecule has 1 aromatic carbocycles. The Labute approximate surface area is 103 Å². The summed E-state index contributed by atoms with van der Waals surface area (Å²) in [5, 5.41) is 0. The van der Waals surface area contributed by atoms with E-state index in [0.29, 0.717) is 17.7 Å². The molecule has 2 nitrogen and oxygen atoms in total. The van der Waals surface area contributed by atoms with Crippen molar-refractivity contribution in [3.63, 3.8) is 0 Å². The van der Waals surface area contributed by atoms with Gasteiger partial charge in [-0.25, -0.2) is 0 Å². The van der Waals surface area contributed by atoms with Crippen LogP contribution in [-0.2, 0) is 11.2 Å². The highest BCUT2D eigenvalue weighted by atomic mass is 16.2. The molecule has 1 amide bonds. The van der Waals surface area contributed by atoms with E-state index in [1.165, 1.54) is 16.8 Å². The molecule has 0 radical (unpaired) electrons. The number of benzene rings is 1. The number of hydrogen-bond donors (Lipinski definition) is 0. The molecule has 1 fully saturated rings. The van der Waals surface area contributed by atoms with Crippen LogP contribution >= 0.6 is 0 Å². The highest BCUT2D eigenvalue weighted by Crippen LogP contribution is 2.42. The number of para-hydroxylation sites is 1. The van der Waals surface area contributed by atoms with Crippen LogP contribution in [0.4, 0.5) is 5.69 Å². The largest absolute Gasteiger partial charge is 0.312 e. The predicted octanol–water partition coefficient (Wildman–Crippen LogP) is 2.93. The fourth-order valence-corrected chi connectivity index (χ4v) is 2.93. The summed E-state index contributed by atoms with van der Waals surface area (Å²) in [5.74, 6) is 1.24. The number of anilines is 1. The zero-order valence-corrected chi connectivity index (χ0v) is 10.6.